The van der Waals surface area contributed by atoms with Crippen LogP contribution in [0.15, 0.2) is 48.5 Å². The minimum absolute atomic E-state index is 0.0263. The molecular weight excluding hydrogens is 571 g/mol. The molecule has 1 saturated heterocycles. The quantitative estimate of drug-likeness (QED) is 0.273. The Bertz CT molecular complexity index is 1320. The molecule has 1 heterocycles. The third-order valence-electron chi connectivity index (χ3n) is 8.44. The molecule has 40 heavy (non-hydrogen) atoms. The maximum Gasteiger partial charge on any atom is 0.304 e. The molecule has 10 heteroatoms. The number of benzene rings is 2. The van der Waals surface area contributed by atoms with Crippen molar-refractivity contribution in [2.24, 2.45) is 11.3 Å². The molecular formula is C30H38Cl2N2O5S. The van der Waals surface area contributed by atoms with Crippen molar-refractivity contribution in [3.05, 3.63) is 69.7 Å². The number of rotatable bonds is 13. The standard InChI is InChI=1S/C30H38Cl2N2O5S/c1-3-5-15-40(38,39)33-19-26(20-9-10-20)34-28(21-11-13-23(31)14-12-21)25(22-7-6-8-24(32)16-22)17-30(4-2,29(34)37)18-27(35)36/h6-8,11-14,16,20,25-26,28,33H,3-5,9-10,15,17-19H2,1-2H3,(H,35,36). The average Bonchev–Trinajstić information content (AvgIpc) is 3.75. The van der Waals surface area contributed by atoms with E-state index in [1.54, 1.807) is 18.2 Å². The summed E-state index contributed by atoms with van der Waals surface area (Å²) in [7, 11) is -3.53. The van der Waals surface area contributed by atoms with Crippen molar-refractivity contribution in [3.8, 4) is 0 Å². The van der Waals surface area contributed by atoms with Gasteiger partial charge in [-0.15, -0.1) is 0 Å². The van der Waals surface area contributed by atoms with Crippen molar-refractivity contribution >= 4 is 45.1 Å². The maximum atomic E-state index is 14.6. The Morgan fingerprint density at radius 2 is 1.80 bits per heavy atom. The molecule has 4 atom stereocenters. The summed E-state index contributed by atoms with van der Waals surface area (Å²) in [4.78, 5) is 28.6. The topological polar surface area (TPSA) is 104 Å². The van der Waals surface area contributed by atoms with Crippen LogP contribution >= 0.6 is 23.2 Å². The minimum atomic E-state index is -3.53. The first-order valence-corrected chi connectivity index (χ1v) is 16.4. The number of likely N-dealkylation sites (tertiary alicyclic amines) is 1. The Hall–Kier alpha value is -2.13. The number of amides is 1. The number of aliphatic carboxylic acids is 1. The number of piperidine rings is 1. The molecule has 218 valence electrons. The largest absolute Gasteiger partial charge is 0.481 e. The van der Waals surface area contributed by atoms with Gasteiger partial charge in [-0.05, 0) is 73.4 Å². The predicted molar refractivity (Wildman–Crippen MR) is 158 cm³/mol. The van der Waals surface area contributed by atoms with Gasteiger partial charge >= 0.3 is 5.97 Å². The summed E-state index contributed by atoms with van der Waals surface area (Å²) in [5, 5.41) is 11.1. The number of halogens is 2. The summed E-state index contributed by atoms with van der Waals surface area (Å²) in [5.74, 6) is -1.40. The number of carbonyl (C=O) groups is 2. The lowest BCUT2D eigenvalue weighted by Gasteiger charge is -2.53. The molecule has 0 spiro atoms. The molecule has 2 fully saturated rings. The Labute approximate surface area is 247 Å². The lowest BCUT2D eigenvalue weighted by Crippen LogP contribution is -2.59. The van der Waals surface area contributed by atoms with Gasteiger partial charge in [-0.3, -0.25) is 9.59 Å². The van der Waals surface area contributed by atoms with Crippen LogP contribution in [0.2, 0.25) is 10.0 Å². The zero-order valence-electron chi connectivity index (χ0n) is 23.0. The van der Waals surface area contributed by atoms with Crippen LogP contribution in [0, 0.1) is 11.3 Å². The van der Waals surface area contributed by atoms with Gasteiger partial charge in [-0.25, -0.2) is 13.1 Å². The molecule has 0 aromatic heterocycles. The second kappa shape index (κ2) is 12.8. The first-order chi connectivity index (χ1) is 19.0. The fourth-order valence-electron chi connectivity index (χ4n) is 6.11. The Balaban J connectivity index is 1.87. The van der Waals surface area contributed by atoms with Gasteiger partial charge in [0.1, 0.15) is 0 Å². The highest BCUT2D eigenvalue weighted by molar-refractivity contribution is 7.89. The summed E-state index contributed by atoms with van der Waals surface area (Å²) < 4.78 is 28.4. The zero-order chi connectivity index (χ0) is 29.1. The second-order valence-corrected chi connectivity index (χ2v) is 14.0. The highest BCUT2D eigenvalue weighted by Crippen LogP contribution is 2.55. The summed E-state index contributed by atoms with van der Waals surface area (Å²) in [6.07, 6.45) is 3.43. The number of carboxylic acid groups (broad SMARTS) is 1. The number of carboxylic acids is 1. The number of hydrogen-bond donors (Lipinski definition) is 2. The van der Waals surface area contributed by atoms with Crippen LogP contribution in [-0.4, -0.2) is 48.6 Å². The lowest BCUT2D eigenvalue weighted by atomic mass is 9.64. The van der Waals surface area contributed by atoms with Crippen molar-refractivity contribution in [3.63, 3.8) is 0 Å². The van der Waals surface area contributed by atoms with Crippen LogP contribution in [0.1, 0.15) is 81.9 Å². The third kappa shape index (κ3) is 7.01. The van der Waals surface area contributed by atoms with Gasteiger partial charge in [-0.1, -0.05) is 67.7 Å². The summed E-state index contributed by atoms with van der Waals surface area (Å²) in [5.41, 5.74) is 0.629. The molecule has 2 aromatic carbocycles. The molecule has 2 aromatic rings. The molecule has 0 radical (unpaired) electrons. The number of nitrogens with zero attached hydrogens (tertiary/aromatic N) is 1. The fourth-order valence-corrected chi connectivity index (χ4v) is 7.67. The van der Waals surface area contributed by atoms with E-state index >= 15 is 0 Å². The van der Waals surface area contributed by atoms with Gasteiger partial charge in [0, 0.05) is 28.5 Å². The monoisotopic (exact) mass is 608 g/mol. The van der Waals surface area contributed by atoms with Gasteiger partial charge in [0.2, 0.25) is 15.9 Å². The SMILES string of the molecule is CCCCS(=O)(=O)NCC(C1CC1)N1C(=O)C(CC)(CC(=O)O)CC(c2cccc(Cl)c2)C1c1ccc(Cl)cc1. The van der Waals surface area contributed by atoms with Crippen LogP contribution < -0.4 is 4.72 Å². The van der Waals surface area contributed by atoms with Crippen LogP contribution in [0.3, 0.4) is 0 Å². The van der Waals surface area contributed by atoms with Crippen molar-refractivity contribution < 1.29 is 23.1 Å². The Morgan fingerprint density at radius 1 is 1.10 bits per heavy atom. The van der Waals surface area contributed by atoms with E-state index < -0.39 is 33.5 Å². The normalized spacial score (nSPS) is 24.2. The molecule has 1 aliphatic carbocycles. The average molecular weight is 610 g/mol. The molecule has 1 amide bonds. The molecule has 4 unspecified atom stereocenters. The van der Waals surface area contributed by atoms with Crippen molar-refractivity contribution in [2.75, 3.05) is 12.3 Å². The van der Waals surface area contributed by atoms with E-state index in [-0.39, 0.29) is 36.5 Å². The first-order valence-electron chi connectivity index (χ1n) is 14.0. The number of nitrogens with one attached hydrogen (secondary N) is 1. The van der Waals surface area contributed by atoms with Gasteiger partial charge in [-0.2, -0.15) is 0 Å². The molecule has 1 saturated carbocycles. The van der Waals surface area contributed by atoms with Gasteiger partial charge < -0.3 is 10.0 Å². The van der Waals surface area contributed by atoms with Gasteiger partial charge in [0.25, 0.3) is 0 Å². The van der Waals surface area contributed by atoms with Crippen LogP contribution in [0.4, 0.5) is 0 Å². The summed E-state index contributed by atoms with van der Waals surface area (Å²) in [6.45, 7) is 3.88. The molecule has 7 nitrogen and oxygen atoms in total. The van der Waals surface area contributed by atoms with Crippen LogP contribution in [0.25, 0.3) is 0 Å². The number of hydrogen-bond acceptors (Lipinski definition) is 4. The molecule has 4 rings (SSSR count). The van der Waals surface area contributed by atoms with E-state index in [1.165, 1.54) is 0 Å². The van der Waals surface area contributed by atoms with Crippen LogP contribution in [0.5, 0.6) is 0 Å². The van der Waals surface area contributed by atoms with E-state index in [0.717, 1.165) is 30.4 Å². The van der Waals surface area contributed by atoms with Crippen molar-refractivity contribution in [1.82, 2.24) is 9.62 Å². The first kappa shape index (κ1) is 30.8. The molecule has 2 N–H and O–H groups in total. The van der Waals surface area contributed by atoms with Crippen LogP contribution in [-0.2, 0) is 19.6 Å². The highest BCUT2D eigenvalue weighted by atomic mass is 35.5. The van der Waals surface area contributed by atoms with E-state index in [1.807, 2.05) is 49.1 Å². The van der Waals surface area contributed by atoms with Gasteiger partial charge in [0.05, 0.1) is 23.6 Å². The Kier molecular flexibility index (Phi) is 9.87. The lowest BCUT2D eigenvalue weighted by molar-refractivity contribution is -0.162. The fraction of sp³-hybridized carbons (Fsp3) is 0.533. The smallest absolute Gasteiger partial charge is 0.304 e. The Morgan fingerprint density at radius 3 is 2.38 bits per heavy atom. The highest BCUT2D eigenvalue weighted by Gasteiger charge is 2.55. The van der Waals surface area contributed by atoms with E-state index in [2.05, 4.69) is 4.72 Å². The second-order valence-electron chi connectivity index (χ2n) is 11.2. The molecule has 2 aliphatic rings. The van der Waals surface area contributed by atoms with E-state index in [0.29, 0.717) is 29.3 Å². The van der Waals surface area contributed by atoms with E-state index in [4.69, 9.17) is 23.2 Å². The van der Waals surface area contributed by atoms with Crippen molar-refractivity contribution in [2.45, 2.75) is 76.8 Å². The van der Waals surface area contributed by atoms with Gasteiger partial charge in [0.15, 0.2) is 0 Å². The third-order valence-corrected chi connectivity index (χ3v) is 10.4. The number of sulfonamides is 1. The zero-order valence-corrected chi connectivity index (χ0v) is 25.3. The number of unbranched alkanes of at least 4 members (excludes halogenated alkanes) is 1. The summed E-state index contributed by atoms with van der Waals surface area (Å²) in [6, 6.07) is 14.0. The van der Waals surface area contributed by atoms with E-state index in [9.17, 15) is 23.1 Å². The minimum Gasteiger partial charge on any atom is -0.481 e. The predicted octanol–water partition coefficient (Wildman–Crippen LogP) is 6.42. The number of carbonyl (C=O) groups excluding carboxylic acids is 1. The maximum absolute atomic E-state index is 14.6. The molecule has 0 bridgehead atoms. The van der Waals surface area contributed by atoms with Crippen molar-refractivity contribution in [1.29, 1.82) is 0 Å². The summed E-state index contributed by atoms with van der Waals surface area (Å²) >= 11 is 12.7. The molecule has 1 aliphatic heterocycles.